The lowest BCUT2D eigenvalue weighted by Crippen LogP contribution is -2.50. The van der Waals surface area contributed by atoms with Crippen LogP contribution in [0.2, 0.25) is 0 Å². The van der Waals surface area contributed by atoms with E-state index < -0.39 is 0 Å². The van der Waals surface area contributed by atoms with Gasteiger partial charge in [-0.2, -0.15) is 0 Å². The maximum absolute atomic E-state index is 13.0. The summed E-state index contributed by atoms with van der Waals surface area (Å²) in [6.07, 6.45) is 3.60. The predicted molar refractivity (Wildman–Crippen MR) is 125 cm³/mol. The molecule has 0 aliphatic carbocycles. The van der Waals surface area contributed by atoms with Gasteiger partial charge in [0, 0.05) is 58.9 Å². The summed E-state index contributed by atoms with van der Waals surface area (Å²) in [6.45, 7) is 4.17. The molecule has 1 aromatic heterocycles. The number of nitrogens with one attached hydrogen (secondary N) is 1. The second kappa shape index (κ2) is 9.73. The summed E-state index contributed by atoms with van der Waals surface area (Å²) in [4.78, 5) is 41.8. The summed E-state index contributed by atoms with van der Waals surface area (Å²) in [6, 6.07) is 12.2. The first-order valence-corrected chi connectivity index (χ1v) is 11.5. The molecule has 8 heteroatoms. The van der Waals surface area contributed by atoms with Gasteiger partial charge in [-0.25, -0.2) is 4.79 Å². The highest BCUT2D eigenvalue weighted by atomic mass is 16.2. The Bertz CT molecular complexity index is 1050. The van der Waals surface area contributed by atoms with Crippen molar-refractivity contribution in [3.63, 3.8) is 0 Å². The zero-order chi connectivity index (χ0) is 22.7. The summed E-state index contributed by atoms with van der Waals surface area (Å²) >= 11 is 0. The number of rotatable bonds is 5. The second-order valence-electron chi connectivity index (χ2n) is 9.07. The molecular weight excluding hydrogens is 406 g/mol. The molecular formula is C24H33N5O3. The quantitative estimate of drug-likeness (QED) is 0.754. The summed E-state index contributed by atoms with van der Waals surface area (Å²) < 4.78 is 2.59. The van der Waals surface area contributed by atoms with Crippen molar-refractivity contribution in [1.29, 1.82) is 0 Å². The van der Waals surface area contributed by atoms with Gasteiger partial charge in [-0.15, -0.1) is 0 Å². The molecule has 32 heavy (non-hydrogen) atoms. The Balaban J connectivity index is 1.32. The van der Waals surface area contributed by atoms with E-state index in [-0.39, 0.29) is 29.1 Å². The second-order valence-corrected chi connectivity index (χ2v) is 9.07. The van der Waals surface area contributed by atoms with Crippen LogP contribution in [0.25, 0.3) is 0 Å². The largest absolute Gasteiger partial charge is 0.357 e. The van der Waals surface area contributed by atoms with Crippen LogP contribution in [0.4, 0.5) is 5.82 Å². The van der Waals surface area contributed by atoms with Gasteiger partial charge < -0.3 is 10.2 Å². The highest BCUT2D eigenvalue weighted by Gasteiger charge is 2.29. The lowest BCUT2D eigenvalue weighted by molar-refractivity contribution is -0.126. The normalized spacial score (nSPS) is 20.3. The Morgan fingerprint density at radius 3 is 2.44 bits per heavy atom. The Kier molecular flexibility index (Phi) is 6.79. The van der Waals surface area contributed by atoms with Crippen molar-refractivity contribution in [2.24, 2.45) is 20.0 Å². The van der Waals surface area contributed by atoms with Crippen LogP contribution in [0.15, 0.2) is 46.0 Å². The first-order valence-electron chi connectivity index (χ1n) is 11.5. The van der Waals surface area contributed by atoms with Gasteiger partial charge in [-0.05, 0) is 31.2 Å². The first kappa shape index (κ1) is 22.3. The summed E-state index contributed by atoms with van der Waals surface area (Å²) in [7, 11) is 3.15. The first-order chi connectivity index (χ1) is 15.4. The number of aromatic nitrogens is 2. The molecule has 2 saturated heterocycles. The molecule has 1 amide bonds. The van der Waals surface area contributed by atoms with E-state index in [1.807, 2.05) is 11.0 Å². The Morgan fingerprint density at radius 1 is 1.00 bits per heavy atom. The number of nitrogens with zero attached hydrogens (tertiary/aromatic N) is 4. The summed E-state index contributed by atoms with van der Waals surface area (Å²) in [5, 5.41) is 3.26. The molecule has 0 bridgehead atoms. The summed E-state index contributed by atoms with van der Waals surface area (Å²) in [5.41, 5.74) is 0.653. The zero-order valence-electron chi connectivity index (χ0n) is 19.0. The van der Waals surface area contributed by atoms with Gasteiger partial charge >= 0.3 is 5.69 Å². The molecule has 172 valence electrons. The topological polar surface area (TPSA) is 79.6 Å². The molecule has 0 radical (unpaired) electrons. The lowest BCUT2D eigenvalue weighted by Gasteiger charge is -2.36. The van der Waals surface area contributed by atoms with Crippen LogP contribution in [-0.2, 0) is 25.4 Å². The average Bonchev–Trinajstić information content (AvgIpc) is 2.82. The predicted octanol–water partition coefficient (Wildman–Crippen LogP) is 1.08. The highest BCUT2D eigenvalue weighted by molar-refractivity contribution is 5.79. The van der Waals surface area contributed by atoms with E-state index in [9.17, 15) is 14.4 Å². The monoisotopic (exact) mass is 439 g/mol. The zero-order valence-corrected chi connectivity index (χ0v) is 19.0. The van der Waals surface area contributed by atoms with Gasteiger partial charge in [-0.3, -0.25) is 23.6 Å². The van der Waals surface area contributed by atoms with E-state index >= 15 is 0 Å². The Labute approximate surface area is 188 Å². The molecule has 0 unspecified atom stereocenters. The van der Waals surface area contributed by atoms with E-state index in [1.54, 1.807) is 7.05 Å². The number of hydrogen-bond donors (Lipinski definition) is 1. The SMILES string of the molecule is Cn1c(N2CCC[C@@H](C(=O)NC3CCN(Cc4ccccc4)CC3)C2)cc(=O)n(C)c1=O. The molecule has 1 atom stereocenters. The fraction of sp³-hybridized carbons (Fsp3) is 0.542. The molecule has 0 spiro atoms. The van der Waals surface area contributed by atoms with Gasteiger partial charge in [0.25, 0.3) is 5.56 Å². The molecule has 0 saturated carbocycles. The Morgan fingerprint density at radius 2 is 1.72 bits per heavy atom. The molecule has 1 N–H and O–H groups in total. The van der Waals surface area contributed by atoms with E-state index in [4.69, 9.17) is 0 Å². The average molecular weight is 440 g/mol. The molecule has 1 aromatic carbocycles. The fourth-order valence-corrected chi connectivity index (χ4v) is 4.82. The van der Waals surface area contributed by atoms with Crippen molar-refractivity contribution in [2.45, 2.75) is 38.3 Å². The van der Waals surface area contributed by atoms with Crippen LogP contribution in [0.5, 0.6) is 0 Å². The number of carbonyl (C=O) groups excluding carboxylic acids is 1. The molecule has 3 heterocycles. The smallest absolute Gasteiger partial charge is 0.332 e. The number of benzene rings is 1. The molecule has 2 aromatic rings. The van der Waals surface area contributed by atoms with E-state index in [0.717, 1.165) is 56.4 Å². The van der Waals surface area contributed by atoms with E-state index in [1.165, 1.54) is 23.2 Å². The number of hydrogen-bond acceptors (Lipinski definition) is 5. The van der Waals surface area contributed by atoms with Gasteiger partial charge in [0.1, 0.15) is 5.82 Å². The number of carbonyl (C=O) groups is 1. The third-order valence-corrected chi connectivity index (χ3v) is 6.80. The number of piperidine rings is 2. The van der Waals surface area contributed by atoms with Gasteiger partial charge in [0.15, 0.2) is 0 Å². The maximum atomic E-state index is 13.0. The van der Waals surface area contributed by atoms with E-state index in [0.29, 0.717) is 12.4 Å². The molecule has 2 fully saturated rings. The van der Waals surface area contributed by atoms with Gasteiger partial charge in [0.2, 0.25) is 5.91 Å². The van der Waals surface area contributed by atoms with Crippen molar-refractivity contribution in [1.82, 2.24) is 19.4 Å². The van der Waals surface area contributed by atoms with Crippen molar-refractivity contribution in [3.8, 4) is 0 Å². The van der Waals surface area contributed by atoms with Crippen LogP contribution in [-0.4, -0.2) is 52.2 Å². The van der Waals surface area contributed by atoms with Gasteiger partial charge in [0.05, 0.1) is 5.92 Å². The highest BCUT2D eigenvalue weighted by Crippen LogP contribution is 2.22. The third kappa shape index (κ3) is 4.96. The van der Waals surface area contributed by atoms with Gasteiger partial charge in [-0.1, -0.05) is 30.3 Å². The standard InChI is InChI=1S/C24H33N5O3/c1-26-21(15-22(30)27(2)24(26)32)29-12-6-9-19(17-29)23(31)25-20-10-13-28(14-11-20)16-18-7-4-3-5-8-18/h3-5,7-8,15,19-20H,6,9-14,16-17H2,1-2H3,(H,25,31)/t19-/m1/s1. The third-order valence-electron chi connectivity index (χ3n) is 6.80. The number of anilines is 1. The number of likely N-dealkylation sites (tertiary alicyclic amines) is 1. The van der Waals surface area contributed by atoms with Crippen molar-refractivity contribution in [2.75, 3.05) is 31.1 Å². The molecule has 4 rings (SSSR count). The van der Waals surface area contributed by atoms with Crippen LogP contribution in [0, 0.1) is 5.92 Å². The summed E-state index contributed by atoms with van der Waals surface area (Å²) in [5.74, 6) is 0.542. The van der Waals surface area contributed by atoms with E-state index in [2.05, 4.69) is 34.5 Å². The van der Waals surface area contributed by atoms with Crippen LogP contribution in [0.1, 0.15) is 31.2 Å². The fourth-order valence-electron chi connectivity index (χ4n) is 4.82. The van der Waals surface area contributed by atoms with Crippen LogP contribution in [0.3, 0.4) is 0 Å². The van der Waals surface area contributed by atoms with Crippen molar-refractivity contribution < 1.29 is 4.79 Å². The van der Waals surface area contributed by atoms with Crippen molar-refractivity contribution in [3.05, 3.63) is 62.8 Å². The number of amides is 1. The minimum atomic E-state index is -0.346. The molecule has 8 nitrogen and oxygen atoms in total. The minimum absolute atomic E-state index is 0.0880. The van der Waals surface area contributed by atoms with Crippen LogP contribution < -0.4 is 21.5 Å². The van der Waals surface area contributed by atoms with Crippen molar-refractivity contribution >= 4 is 11.7 Å². The maximum Gasteiger partial charge on any atom is 0.332 e. The Hall–Kier alpha value is -2.87. The lowest BCUT2D eigenvalue weighted by atomic mass is 9.95. The molecule has 2 aliphatic rings. The van der Waals surface area contributed by atoms with Crippen LogP contribution >= 0.6 is 0 Å². The minimum Gasteiger partial charge on any atom is -0.357 e. The molecule has 2 aliphatic heterocycles.